The lowest BCUT2D eigenvalue weighted by Crippen LogP contribution is -2.12. The van der Waals surface area contributed by atoms with E-state index in [1.165, 1.54) is 0 Å². The third-order valence-electron chi connectivity index (χ3n) is 4.90. The Hall–Kier alpha value is -1.26. The van der Waals surface area contributed by atoms with Crippen molar-refractivity contribution in [2.24, 2.45) is 11.8 Å². The molecule has 0 spiro atoms. The zero-order chi connectivity index (χ0) is 18.5. The summed E-state index contributed by atoms with van der Waals surface area (Å²) in [6.07, 6.45) is 15.9. The van der Waals surface area contributed by atoms with Gasteiger partial charge in [-0.25, -0.2) is 0 Å². The van der Waals surface area contributed by atoms with Crippen molar-refractivity contribution >= 4 is 11.6 Å². The van der Waals surface area contributed by atoms with E-state index in [2.05, 4.69) is 13.0 Å². The lowest BCUT2D eigenvalue weighted by atomic mass is 9.91. The molecule has 0 amide bonds. The van der Waals surface area contributed by atoms with Crippen LogP contribution in [0.1, 0.15) is 71.1 Å². The predicted octanol–water partition coefficient (Wildman–Crippen LogP) is 3.76. The SMILES string of the molecule is CCCCC(O)C/C=C/[C@H]1CCC(=O)[C@@H]1C/C=C\CCCC(=O)CO. The van der Waals surface area contributed by atoms with Crippen LogP contribution in [-0.2, 0) is 9.59 Å². The number of allylic oxidation sites excluding steroid dienone is 3. The predicted molar refractivity (Wildman–Crippen MR) is 100 cm³/mol. The smallest absolute Gasteiger partial charge is 0.158 e. The molecule has 142 valence electrons. The zero-order valence-electron chi connectivity index (χ0n) is 15.5. The molecule has 0 bridgehead atoms. The summed E-state index contributed by atoms with van der Waals surface area (Å²) in [4.78, 5) is 23.1. The third-order valence-corrected chi connectivity index (χ3v) is 4.90. The van der Waals surface area contributed by atoms with Crippen LogP contribution in [0, 0.1) is 11.8 Å². The van der Waals surface area contributed by atoms with Gasteiger partial charge in [0.05, 0.1) is 6.10 Å². The molecule has 0 aliphatic heterocycles. The van der Waals surface area contributed by atoms with Crippen molar-refractivity contribution < 1.29 is 19.8 Å². The zero-order valence-corrected chi connectivity index (χ0v) is 15.5. The number of hydrogen-bond donors (Lipinski definition) is 2. The fourth-order valence-electron chi connectivity index (χ4n) is 3.30. The molecule has 4 nitrogen and oxygen atoms in total. The summed E-state index contributed by atoms with van der Waals surface area (Å²) in [7, 11) is 0. The first-order chi connectivity index (χ1) is 12.1. The van der Waals surface area contributed by atoms with Gasteiger partial charge in [-0.3, -0.25) is 9.59 Å². The molecule has 0 aromatic rings. The number of Topliss-reactive ketones (excluding diaryl/α,β-unsaturated/α-hetero) is 2. The number of aliphatic hydroxyl groups excluding tert-OH is 2. The van der Waals surface area contributed by atoms with Crippen molar-refractivity contribution in [1.29, 1.82) is 0 Å². The first-order valence-electron chi connectivity index (χ1n) is 9.73. The molecule has 0 saturated heterocycles. The minimum absolute atomic E-state index is 0.0550. The number of carbonyl (C=O) groups excluding carboxylic acids is 2. The van der Waals surface area contributed by atoms with Gasteiger partial charge in [0.1, 0.15) is 12.4 Å². The van der Waals surface area contributed by atoms with Crippen LogP contribution in [0.25, 0.3) is 0 Å². The van der Waals surface area contributed by atoms with E-state index in [9.17, 15) is 14.7 Å². The van der Waals surface area contributed by atoms with E-state index in [0.717, 1.165) is 44.9 Å². The minimum Gasteiger partial charge on any atom is -0.393 e. The van der Waals surface area contributed by atoms with Crippen LogP contribution < -0.4 is 0 Å². The van der Waals surface area contributed by atoms with E-state index < -0.39 is 0 Å². The van der Waals surface area contributed by atoms with E-state index in [1.807, 2.05) is 18.2 Å². The first kappa shape index (κ1) is 21.8. The maximum atomic E-state index is 12.1. The summed E-state index contributed by atoms with van der Waals surface area (Å²) in [6.45, 7) is 1.75. The molecule has 2 N–H and O–H groups in total. The monoisotopic (exact) mass is 350 g/mol. The molecule has 1 aliphatic rings. The molecule has 0 aromatic carbocycles. The maximum absolute atomic E-state index is 12.1. The Morgan fingerprint density at radius 1 is 1.28 bits per heavy atom. The minimum atomic E-state index is -0.374. The van der Waals surface area contributed by atoms with E-state index >= 15 is 0 Å². The summed E-state index contributed by atoms with van der Waals surface area (Å²) in [5, 5.41) is 18.5. The molecule has 3 atom stereocenters. The van der Waals surface area contributed by atoms with Crippen LogP contribution in [0.3, 0.4) is 0 Å². The molecular weight excluding hydrogens is 316 g/mol. The van der Waals surface area contributed by atoms with Crippen LogP contribution >= 0.6 is 0 Å². The van der Waals surface area contributed by atoms with Gasteiger partial charge in [0.15, 0.2) is 5.78 Å². The second-order valence-electron chi connectivity index (χ2n) is 7.03. The van der Waals surface area contributed by atoms with Crippen LogP contribution in [-0.4, -0.2) is 34.5 Å². The standard InChI is InChI=1S/C21H34O4/c1-2-3-10-18(23)12-8-9-17-14-15-21(25)20(17)13-7-5-4-6-11-19(24)16-22/h5,7-9,17-18,20,22-23H,2-4,6,10-16H2,1H3/b7-5-,9-8+/t17-,18?,20+/m0/s1. The molecule has 4 heteroatoms. The highest BCUT2D eigenvalue weighted by Crippen LogP contribution is 2.33. The van der Waals surface area contributed by atoms with Crippen molar-refractivity contribution in [3.05, 3.63) is 24.3 Å². The molecule has 1 fully saturated rings. The molecule has 1 rings (SSSR count). The van der Waals surface area contributed by atoms with Gasteiger partial charge in [-0.05, 0) is 44.4 Å². The molecule has 0 aromatic heterocycles. The second-order valence-corrected chi connectivity index (χ2v) is 7.03. The molecular formula is C21H34O4. The highest BCUT2D eigenvalue weighted by Gasteiger charge is 2.31. The first-order valence-corrected chi connectivity index (χ1v) is 9.73. The van der Waals surface area contributed by atoms with Crippen molar-refractivity contribution in [1.82, 2.24) is 0 Å². The number of aliphatic hydroxyl groups is 2. The van der Waals surface area contributed by atoms with Crippen molar-refractivity contribution in [3.63, 3.8) is 0 Å². The average molecular weight is 350 g/mol. The fraction of sp³-hybridized carbons (Fsp3) is 0.714. The van der Waals surface area contributed by atoms with Gasteiger partial charge in [-0.1, -0.05) is 44.1 Å². The summed E-state index contributed by atoms with van der Waals surface area (Å²) < 4.78 is 0. The lowest BCUT2D eigenvalue weighted by molar-refractivity contribution is -0.122. The molecule has 25 heavy (non-hydrogen) atoms. The lowest BCUT2D eigenvalue weighted by Gasteiger charge is -2.13. The molecule has 1 aliphatic carbocycles. The Bertz CT molecular complexity index is 453. The average Bonchev–Trinajstić information content (AvgIpc) is 2.95. The Kier molecular flexibility index (Phi) is 11.3. The quantitative estimate of drug-likeness (QED) is 0.392. The summed E-state index contributed by atoms with van der Waals surface area (Å²) in [5.74, 6) is 0.554. The van der Waals surface area contributed by atoms with E-state index in [4.69, 9.17) is 5.11 Å². The summed E-state index contributed by atoms with van der Waals surface area (Å²) in [5.41, 5.74) is 0. The van der Waals surface area contributed by atoms with E-state index in [1.54, 1.807) is 0 Å². The maximum Gasteiger partial charge on any atom is 0.158 e. The highest BCUT2D eigenvalue weighted by molar-refractivity contribution is 5.83. The Labute approximate surface area is 152 Å². The Morgan fingerprint density at radius 2 is 2.08 bits per heavy atom. The van der Waals surface area contributed by atoms with Crippen LogP contribution in [0.4, 0.5) is 0 Å². The van der Waals surface area contributed by atoms with Gasteiger partial charge in [-0.2, -0.15) is 0 Å². The molecule has 1 unspecified atom stereocenters. The molecule has 0 heterocycles. The van der Waals surface area contributed by atoms with Crippen LogP contribution in [0.5, 0.6) is 0 Å². The van der Waals surface area contributed by atoms with Gasteiger partial charge >= 0.3 is 0 Å². The largest absolute Gasteiger partial charge is 0.393 e. The number of unbranched alkanes of at least 4 members (excludes halogenated alkanes) is 2. The van der Waals surface area contributed by atoms with Crippen molar-refractivity contribution in [2.75, 3.05) is 6.61 Å². The Balaban J connectivity index is 2.33. The second kappa shape index (κ2) is 13.0. The van der Waals surface area contributed by atoms with Gasteiger partial charge in [0, 0.05) is 18.8 Å². The fourth-order valence-corrected chi connectivity index (χ4v) is 3.30. The molecule has 1 saturated carbocycles. The normalized spacial score (nSPS) is 22.3. The number of ketones is 2. The van der Waals surface area contributed by atoms with Crippen molar-refractivity contribution in [3.8, 4) is 0 Å². The van der Waals surface area contributed by atoms with Crippen LogP contribution in [0.15, 0.2) is 24.3 Å². The molecule has 0 radical (unpaired) electrons. The number of carbonyl (C=O) groups is 2. The van der Waals surface area contributed by atoms with E-state index in [-0.39, 0.29) is 30.3 Å². The van der Waals surface area contributed by atoms with E-state index in [0.29, 0.717) is 25.0 Å². The number of hydrogen-bond acceptors (Lipinski definition) is 4. The van der Waals surface area contributed by atoms with Gasteiger partial charge in [0.2, 0.25) is 0 Å². The van der Waals surface area contributed by atoms with Gasteiger partial charge < -0.3 is 10.2 Å². The van der Waals surface area contributed by atoms with Gasteiger partial charge in [-0.15, -0.1) is 0 Å². The van der Waals surface area contributed by atoms with Crippen molar-refractivity contribution in [2.45, 2.75) is 77.2 Å². The van der Waals surface area contributed by atoms with Crippen LogP contribution in [0.2, 0.25) is 0 Å². The summed E-state index contributed by atoms with van der Waals surface area (Å²) >= 11 is 0. The third kappa shape index (κ3) is 9.13. The highest BCUT2D eigenvalue weighted by atomic mass is 16.3. The van der Waals surface area contributed by atoms with Gasteiger partial charge in [0.25, 0.3) is 0 Å². The Morgan fingerprint density at radius 3 is 2.80 bits per heavy atom. The number of rotatable bonds is 13. The topological polar surface area (TPSA) is 74.6 Å². The summed E-state index contributed by atoms with van der Waals surface area (Å²) in [6, 6.07) is 0.